The van der Waals surface area contributed by atoms with Crippen LogP contribution in [0.25, 0.3) is 0 Å². The van der Waals surface area contributed by atoms with E-state index >= 15 is 0 Å². The Labute approximate surface area is 116 Å². The van der Waals surface area contributed by atoms with E-state index in [0.29, 0.717) is 6.42 Å². The van der Waals surface area contributed by atoms with E-state index in [4.69, 9.17) is 5.73 Å². The minimum absolute atomic E-state index is 0.0969. The van der Waals surface area contributed by atoms with Crippen molar-refractivity contribution in [3.8, 4) is 0 Å². The Morgan fingerprint density at radius 1 is 1.16 bits per heavy atom. The molecule has 0 radical (unpaired) electrons. The fourth-order valence-corrected chi connectivity index (χ4v) is 2.20. The SMILES string of the molecule is CCCN(CCC)C(=O)C(N)CCc1ccccc1. The second-order valence-corrected chi connectivity index (χ2v) is 4.96. The molecular weight excluding hydrogens is 236 g/mol. The van der Waals surface area contributed by atoms with Gasteiger partial charge in [-0.1, -0.05) is 44.2 Å². The van der Waals surface area contributed by atoms with Crippen molar-refractivity contribution in [2.75, 3.05) is 13.1 Å². The monoisotopic (exact) mass is 262 g/mol. The predicted molar refractivity (Wildman–Crippen MR) is 79.9 cm³/mol. The molecule has 0 saturated heterocycles. The molecule has 1 aromatic carbocycles. The van der Waals surface area contributed by atoms with E-state index in [2.05, 4.69) is 26.0 Å². The molecular formula is C16H26N2O. The van der Waals surface area contributed by atoms with Gasteiger partial charge in [-0.15, -0.1) is 0 Å². The molecule has 1 atom stereocenters. The van der Waals surface area contributed by atoms with Gasteiger partial charge in [-0.25, -0.2) is 0 Å². The minimum atomic E-state index is -0.377. The zero-order valence-electron chi connectivity index (χ0n) is 12.1. The summed E-state index contributed by atoms with van der Waals surface area (Å²) in [7, 11) is 0. The van der Waals surface area contributed by atoms with Crippen LogP contribution in [0.4, 0.5) is 0 Å². The molecule has 0 heterocycles. The Balaban J connectivity index is 2.46. The summed E-state index contributed by atoms with van der Waals surface area (Å²) in [6.45, 7) is 5.80. The highest BCUT2D eigenvalue weighted by Crippen LogP contribution is 2.07. The summed E-state index contributed by atoms with van der Waals surface area (Å²) in [5, 5.41) is 0. The van der Waals surface area contributed by atoms with Crippen LogP contribution in [0, 0.1) is 0 Å². The first-order chi connectivity index (χ1) is 9.19. The van der Waals surface area contributed by atoms with Crippen molar-refractivity contribution in [2.45, 2.75) is 45.6 Å². The molecule has 2 N–H and O–H groups in total. The van der Waals surface area contributed by atoms with Gasteiger partial charge < -0.3 is 10.6 Å². The van der Waals surface area contributed by atoms with E-state index in [-0.39, 0.29) is 11.9 Å². The standard InChI is InChI=1S/C16H26N2O/c1-3-12-18(13-4-2)16(19)15(17)11-10-14-8-6-5-7-9-14/h5-9,15H,3-4,10-13,17H2,1-2H3. The van der Waals surface area contributed by atoms with Gasteiger partial charge in [-0.3, -0.25) is 4.79 Å². The summed E-state index contributed by atoms with van der Waals surface area (Å²) in [5.74, 6) is 0.0969. The van der Waals surface area contributed by atoms with Crippen molar-refractivity contribution >= 4 is 5.91 Å². The smallest absolute Gasteiger partial charge is 0.239 e. The van der Waals surface area contributed by atoms with Crippen LogP contribution in [0.2, 0.25) is 0 Å². The zero-order chi connectivity index (χ0) is 14.1. The third-order valence-electron chi connectivity index (χ3n) is 3.20. The Morgan fingerprint density at radius 3 is 2.26 bits per heavy atom. The van der Waals surface area contributed by atoms with Crippen LogP contribution in [-0.4, -0.2) is 29.9 Å². The minimum Gasteiger partial charge on any atom is -0.341 e. The van der Waals surface area contributed by atoms with Crippen molar-refractivity contribution in [3.63, 3.8) is 0 Å². The molecule has 0 aromatic heterocycles. The number of nitrogens with zero attached hydrogens (tertiary/aromatic N) is 1. The van der Waals surface area contributed by atoms with Gasteiger partial charge in [0.05, 0.1) is 6.04 Å². The Hall–Kier alpha value is -1.35. The average Bonchev–Trinajstić information content (AvgIpc) is 2.45. The summed E-state index contributed by atoms with van der Waals surface area (Å²) in [6, 6.07) is 9.81. The summed E-state index contributed by atoms with van der Waals surface area (Å²) in [6.07, 6.45) is 3.54. The quantitative estimate of drug-likeness (QED) is 0.782. The normalized spacial score (nSPS) is 12.2. The van der Waals surface area contributed by atoms with Crippen LogP contribution < -0.4 is 5.73 Å². The highest BCUT2D eigenvalue weighted by Gasteiger charge is 2.19. The topological polar surface area (TPSA) is 46.3 Å². The Bertz CT molecular complexity index is 358. The van der Waals surface area contributed by atoms with Gasteiger partial charge in [0.15, 0.2) is 0 Å². The number of amides is 1. The van der Waals surface area contributed by atoms with Crippen LogP contribution in [0.1, 0.15) is 38.7 Å². The number of rotatable bonds is 8. The summed E-state index contributed by atoms with van der Waals surface area (Å²) < 4.78 is 0. The first-order valence-corrected chi connectivity index (χ1v) is 7.27. The molecule has 3 heteroatoms. The lowest BCUT2D eigenvalue weighted by molar-refractivity contribution is -0.132. The fraction of sp³-hybridized carbons (Fsp3) is 0.562. The number of aryl methyl sites for hydroxylation is 1. The zero-order valence-corrected chi connectivity index (χ0v) is 12.1. The van der Waals surface area contributed by atoms with E-state index in [9.17, 15) is 4.79 Å². The lowest BCUT2D eigenvalue weighted by atomic mass is 10.0. The first kappa shape index (κ1) is 15.7. The number of carbonyl (C=O) groups is 1. The number of benzene rings is 1. The van der Waals surface area contributed by atoms with Crippen LogP contribution in [0.5, 0.6) is 0 Å². The Morgan fingerprint density at radius 2 is 1.74 bits per heavy atom. The van der Waals surface area contributed by atoms with E-state index in [1.807, 2.05) is 23.1 Å². The molecule has 1 unspecified atom stereocenters. The average molecular weight is 262 g/mol. The number of hydrogen-bond donors (Lipinski definition) is 1. The molecule has 19 heavy (non-hydrogen) atoms. The van der Waals surface area contributed by atoms with Crippen LogP contribution in [0.3, 0.4) is 0 Å². The second kappa shape index (κ2) is 8.70. The van der Waals surface area contributed by atoms with Gasteiger partial charge in [-0.05, 0) is 31.2 Å². The predicted octanol–water partition coefficient (Wildman–Crippen LogP) is 2.60. The molecule has 3 nitrogen and oxygen atoms in total. The van der Waals surface area contributed by atoms with Crippen molar-refractivity contribution in [1.29, 1.82) is 0 Å². The van der Waals surface area contributed by atoms with E-state index in [1.165, 1.54) is 5.56 Å². The maximum absolute atomic E-state index is 12.2. The van der Waals surface area contributed by atoms with Crippen LogP contribution in [0.15, 0.2) is 30.3 Å². The number of carbonyl (C=O) groups excluding carboxylic acids is 1. The highest BCUT2D eigenvalue weighted by atomic mass is 16.2. The van der Waals surface area contributed by atoms with Crippen molar-refractivity contribution in [2.24, 2.45) is 5.73 Å². The van der Waals surface area contributed by atoms with E-state index in [1.54, 1.807) is 0 Å². The van der Waals surface area contributed by atoms with Gasteiger partial charge >= 0.3 is 0 Å². The summed E-state index contributed by atoms with van der Waals surface area (Å²) in [5.41, 5.74) is 7.27. The summed E-state index contributed by atoms with van der Waals surface area (Å²) in [4.78, 5) is 14.1. The third kappa shape index (κ3) is 5.43. The van der Waals surface area contributed by atoms with Crippen molar-refractivity contribution in [1.82, 2.24) is 4.90 Å². The van der Waals surface area contributed by atoms with Gasteiger partial charge in [0, 0.05) is 13.1 Å². The molecule has 0 aliphatic carbocycles. The Kier molecular flexibility index (Phi) is 7.19. The second-order valence-electron chi connectivity index (χ2n) is 4.96. The third-order valence-corrected chi connectivity index (χ3v) is 3.20. The molecule has 1 aromatic rings. The van der Waals surface area contributed by atoms with Crippen molar-refractivity contribution in [3.05, 3.63) is 35.9 Å². The number of nitrogens with two attached hydrogens (primary N) is 1. The lowest BCUT2D eigenvalue weighted by Gasteiger charge is -2.24. The first-order valence-electron chi connectivity index (χ1n) is 7.27. The fourth-order valence-electron chi connectivity index (χ4n) is 2.20. The molecule has 0 aliphatic heterocycles. The number of hydrogen-bond acceptors (Lipinski definition) is 2. The molecule has 1 rings (SSSR count). The van der Waals surface area contributed by atoms with Crippen molar-refractivity contribution < 1.29 is 4.79 Å². The molecule has 1 amide bonds. The lowest BCUT2D eigenvalue weighted by Crippen LogP contribution is -2.44. The molecule has 0 spiro atoms. The van der Waals surface area contributed by atoms with Crippen LogP contribution >= 0.6 is 0 Å². The molecule has 0 bridgehead atoms. The molecule has 0 aliphatic rings. The maximum atomic E-state index is 12.2. The largest absolute Gasteiger partial charge is 0.341 e. The van der Waals surface area contributed by atoms with Gasteiger partial charge in [0.25, 0.3) is 0 Å². The van der Waals surface area contributed by atoms with Gasteiger partial charge in [0.1, 0.15) is 0 Å². The van der Waals surface area contributed by atoms with Gasteiger partial charge in [-0.2, -0.15) is 0 Å². The van der Waals surface area contributed by atoms with E-state index in [0.717, 1.165) is 32.4 Å². The molecule has 106 valence electrons. The molecule has 0 saturated carbocycles. The highest BCUT2D eigenvalue weighted by molar-refractivity contribution is 5.81. The maximum Gasteiger partial charge on any atom is 0.239 e. The van der Waals surface area contributed by atoms with Crippen LogP contribution in [-0.2, 0) is 11.2 Å². The molecule has 0 fully saturated rings. The van der Waals surface area contributed by atoms with E-state index < -0.39 is 0 Å². The van der Waals surface area contributed by atoms with Gasteiger partial charge in [0.2, 0.25) is 5.91 Å². The summed E-state index contributed by atoms with van der Waals surface area (Å²) >= 11 is 0.